The van der Waals surface area contributed by atoms with E-state index in [1.54, 1.807) is 11.9 Å². The summed E-state index contributed by atoms with van der Waals surface area (Å²) >= 11 is 0. The minimum Gasteiger partial charge on any atom is -0.313 e. The number of hydrogen-bond donors (Lipinski definition) is 1. The zero-order valence-electron chi connectivity index (χ0n) is 9.89. The van der Waals surface area contributed by atoms with E-state index in [9.17, 15) is 8.78 Å². The Morgan fingerprint density at radius 2 is 2.00 bits per heavy atom. The number of nitrogens with zero attached hydrogens (tertiary/aromatic N) is 1. The van der Waals surface area contributed by atoms with Gasteiger partial charge in [0, 0.05) is 19.1 Å². The zero-order chi connectivity index (χ0) is 11.5. The summed E-state index contributed by atoms with van der Waals surface area (Å²) in [4.78, 5) is 1.71. The predicted molar refractivity (Wildman–Crippen MR) is 58.3 cm³/mol. The summed E-state index contributed by atoms with van der Waals surface area (Å²) in [6.45, 7) is 5.71. The van der Waals surface area contributed by atoms with Crippen LogP contribution in [-0.2, 0) is 0 Å². The van der Waals surface area contributed by atoms with Crippen molar-refractivity contribution >= 4 is 0 Å². The highest BCUT2D eigenvalue weighted by molar-refractivity contribution is 4.85. The van der Waals surface area contributed by atoms with E-state index in [2.05, 4.69) is 19.2 Å². The molecule has 1 aliphatic rings. The molecule has 15 heavy (non-hydrogen) atoms. The maximum Gasteiger partial charge on any atom is 0.251 e. The first-order valence-corrected chi connectivity index (χ1v) is 5.59. The van der Waals surface area contributed by atoms with Crippen LogP contribution >= 0.6 is 0 Å². The molecule has 0 aromatic heterocycles. The number of halogens is 2. The Morgan fingerprint density at radius 3 is 2.47 bits per heavy atom. The summed E-state index contributed by atoms with van der Waals surface area (Å²) in [5.74, 6) is 0. The zero-order valence-corrected chi connectivity index (χ0v) is 9.89. The fraction of sp³-hybridized carbons (Fsp3) is 1.00. The Balaban J connectivity index is 2.19. The second kappa shape index (κ2) is 5.21. The second-order valence-corrected chi connectivity index (χ2v) is 5.41. The molecule has 0 bridgehead atoms. The van der Waals surface area contributed by atoms with Crippen molar-refractivity contribution in [2.24, 2.45) is 5.41 Å². The van der Waals surface area contributed by atoms with Crippen LogP contribution in [0.25, 0.3) is 0 Å². The van der Waals surface area contributed by atoms with E-state index in [1.807, 2.05) is 0 Å². The summed E-state index contributed by atoms with van der Waals surface area (Å²) in [6.07, 6.45) is 0.300. The van der Waals surface area contributed by atoms with E-state index in [1.165, 1.54) is 12.8 Å². The van der Waals surface area contributed by atoms with Crippen molar-refractivity contribution in [2.45, 2.75) is 39.2 Å². The van der Waals surface area contributed by atoms with Crippen LogP contribution in [0.4, 0.5) is 8.78 Å². The highest BCUT2D eigenvalue weighted by atomic mass is 19.3. The Bertz CT molecular complexity index is 191. The van der Waals surface area contributed by atoms with Crippen molar-refractivity contribution in [2.75, 3.05) is 26.7 Å². The molecule has 0 radical (unpaired) electrons. The van der Waals surface area contributed by atoms with E-state index in [0.29, 0.717) is 12.6 Å². The monoisotopic (exact) mass is 220 g/mol. The lowest BCUT2D eigenvalue weighted by Crippen LogP contribution is -2.41. The van der Waals surface area contributed by atoms with E-state index >= 15 is 0 Å². The molecule has 90 valence electrons. The molecular weight excluding hydrogens is 198 g/mol. The Labute approximate surface area is 91.0 Å². The maximum atomic E-state index is 12.1. The molecule has 4 heteroatoms. The second-order valence-electron chi connectivity index (χ2n) is 5.41. The molecule has 1 N–H and O–H groups in total. The van der Waals surface area contributed by atoms with Crippen LogP contribution < -0.4 is 5.32 Å². The molecule has 0 aromatic carbocycles. The molecular formula is C11H22F2N2. The molecule has 0 aliphatic heterocycles. The summed E-state index contributed by atoms with van der Waals surface area (Å²) in [5.41, 5.74) is 0.0617. The molecule has 1 fully saturated rings. The Morgan fingerprint density at radius 1 is 1.40 bits per heavy atom. The Hall–Kier alpha value is -0.220. The first-order valence-electron chi connectivity index (χ1n) is 5.59. The smallest absolute Gasteiger partial charge is 0.251 e. The van der Waals surface area contributed by atoms with E-state index < -0.39 is 6.43 Å². The van der Waals surface area contributed by atoms with Gasteiger partial charge in [-0.25, -0.2) is 8.78 Å². The lowest BCUT2D eigenvalue weighted by atomic mass is 9.93. The standard InChI is InChI=1S/C11H22F2N2/c1-11(2,7-14-9-4-5-9)8-15(3)6-10(12)13/h9-10,14H,4-8H2,1-3H3. The van der Waals surface area contributed by atoms with Gasteiger partial charge >= 0.3 is 0 Å². The van der Waals surface area contributed by atoms with Gasteiger partial charge < -0.3 is 10.2 Å². The van der Waals surface area contributed by atoms with Crippen LogP contribution in [0.3, 0.4) is 0 Å². The van der Waals surface area contributed by atoms with Gasteiger partial charge in [0.05, 0.1) is 6.54 Å². The number of rotatable bonds is 7. The highest BCUT2D eigenvalue weighted by Crippen LogP contribution is 2.22. The predicted octanol–water partition coefficient (Wildman–Crippen LogP) is 1.96. The molecule has 0 atom stereocenters. The van der Waals surface area contributed by atoms with Gasteiger partial charge in [-0.05, 0) is 25.3 Å². The molecule has 0 unspecified atom stereocenters. The third-order valence-corrected chi connectivity index (χ3v) is 2.59. The quantitative estimate of drug-likeness (QED) is 0.705. The van der Waals surface area contributed by atoms with Crippen LogP contribution in [0.1, 0.15) is 26.7 Å². The van der Waals surface area contributed by atoms with Crippen molar-refractivity contribution in [3.63, 3.8) is 0 Å². The van der Waals surface area contributed by atoms with Crippen molar-refractivity contribution < 1.29 is 8.78 Å². The van der Waals surface area contributed by atoms with Crippen LogP contribution in [0.2, 0.25) is 0 Å². The van der Waals surface area contributed by atoms with Crippen LogP contribution in [0.15, 0.2) is 0 Å². The van der Waals surface area contributed by atoms with Gasteiger partial charge in [0.25, 0.3) is 6.43 Å². The lowest BCUT2D eigenvalue weighted by Gasteiger charge is -2.30. The maximum absolute atomic E-state index is 12.1. The fourth-order valence-electron chi connectivity index (χ4n) is 1.79. The third kappa shape index (κ3) is 6.05. The Kier molecular flexibility index (Phi) is 4.46. The number of hydrogen-bond acceptors (Lipinski definition) is 2. The van der Waals surface area contributed by atoms with Crippen molar-refractivity contribution in [3.8, 4) is 0 Å². The van der Waals surface area contributed by atoms with Gasteiger partial charge in [-0.1, -0.05) is 13.8 Å². The average Bonchev–Trinajstić information content (AvgIpc) is 2.80. The lowest BCUT2D eigenvalue weighted by molar-refractivity contribution is 0.0821. The first-order chi connectivity index (χ1) is 6.89. The normalized spacial score (nSPS) is 17.8. The molecule has 0 spiro atoms. The summed E-state index contributed by atoms with van der Waals surface area (Å²) in [6, 6.07) is 0.685. The van der Waals surface area contributed by atoms with Gasteiger partial charge in [-0.2, -0.15) is 0 Å². The van der Waals surface area contributed by atoms with Gasteiger partial charge in [0.15, 0.2) is 0 Å². The molecule has 1 aliphatic carbocycles. The summed E-state index contributed by atoms with van der Waals surface area (Å²) in [5, 5.41) is 3.44. The third-order valence-electron chi connectivity index (χ3n) is 2.59. The molecule has 1 rings (SSSR count). The van der Waals surface area contributed by atoms with Crippen molar-refractivity contribution in [3.05, 3.63) is 0 Å². The van der Waals surface area contributed by atoms with E-state index in [0.717, 1.165) is 6.54 Å². The SMILES string of the molecule is CN(CC(F)F)CC(C)(C)CNC1CC1. The number of nitrogens with one attached hydrogen (secondary N) is 1. The fourth-order valence-corrected chi connectivity index (χ4v) is 1.79. The van der Waals surface area contributed by atoms with Crippen LogP contribution in [0.5, 0.6) is 0 Å². The molecule has 0 amide bonds. The van der Waals surface area contributed by atoms with Gasteiger partial charge in [0.2, 0.25) is 0 Å². The minimum absolute atomic E-state index is 0.0617. The van der Waals surface area contributed by atoms with E-state index in [-0.39, 0.29) is 12.0 Å². The minimum atomic E-state index is -2.23. The van der Waals surface area contributed by atoms with Crippen molar-refractivity contribution in [1.82, 2.24) is 10.2 Å². The van der Waals surface area contributed by atoms with Crippen LogP contribution in [-0.4, -0.2) is 44.0 Å². The van der Waals surface area contributed by atoms with E-state index in [4.69, 9.17) is 0 Å². The molecule has 0 saturated heterocycles. The highest BCUT2D eigenvalue weighted by Gasteiger charge is 2.26. The van der Waals surface area contributed by atoms with Crippen LogP contribution in [0, 0.1) is 5.41 Å². The summed E-state index contributed by atoms with van der Waals surface area (Å²) in [7, 11) is 1.75. The number of alkyl halides is 2. The molecule has 1 saturated carbocycles. The first kappa shape index (κ1) is 12.8. The van der Waals surface area contributed by atoms with Crippen molar-refractivity contribution in [1.29, 1.82) is 0 Å². The molecule has 2 nitrogen and oxygen atoms in total. The topological polar surface area (TPSA) is 15.3 Å². The van der Waals surface area contributed by atoms with Gasteiger partial charge in [0.1, 0.15) is 0 Å². The summed E-state index contributed by atoms with van der Waals surface area (Å²) < 4.78 is 24.3. The average molecular weight is 220 g/mol. The largest absolute Gasteiger partial charge is 0.313 e. The molecule has 0 heterocycles. The van der Waals surface area contributed by atoms with Gasteiger partial charge in [-0.15, -0.1) is 0 Å². The van der Waals surface area contributed by atoms with Gasteiger partial charge in [-0.3, -0.25) is 0 Å². The molecule has 0 aromatic rings.